The first kappa shape index (κ1) is 67.1. The molecule has 0 unspecified atom stereocenters. The summed E-state index contributed by atoms with van der Waals surface area (Å²) in [5, 5.41) is 0. The fourth-order valence-electron chi connectivity index (χ4n) is 2.90. The number of hydrogen-bond acceptors (Lipinski definition) is 0. The molecule has 0 saturated heterocycles. The summed E-state index contributed by atoms with van der Waals surface area (Å²) < 4.78 is 166. The van der Waals surface area contributed by atoms with Crippen LogP contribution in [0.25, 0.3) is 0 Å². The Hall–Kier alpha value is -1.12. The highest BCUT2D eigenvalue weighted by Gasteiger charge is 2.46. The Morgan fingerprint density at radius 3 is 0.739 bits per heavy atom. The molecule has 0 amide bonds. The molecule has 0 aromatic carbocycles. The van der Waals surface area contributed by atoms with Gasteiger partial charge < -0.3 is 0 Å². The van der Waals surface area contributed by atoms with Crippen LogP contribution in [0.3, 0.4) is 0 Å². The van der Waals surface area contributed by atoms with Crippen molar-refractivity contribution in [3.63, 3.8) is 0 Å². The smallest absolute Gasteiger partial charge is 0.255 e. The lowest BCUT2D eigenvalue weighted by Crippen LogP contribution is -2.40. The summed E-state index contributed by atoms with van der Waals surface area (Å²) in [4.78, 5) is 0. The summed E-state index contributed by atoms with van der Waals surface area (Å²) in [6.07, 6.45) is 3.73. The molecule has 0 aliphatic heterocycles. The monoisotopic (exact) mass is 726 g/mol. The molecular weight excluding hydrogens is 664 g/mol. The Morgan fingerprint density at radius 1 is 0.457 bits per heavy atom. The molecule has 0 bridgehead atoms. The van der Waals surface area contributed by atoms with Crippen LogP contribution in [-0.2, 0) is 0 Å². The van der Waals surface area contributed by atoms with E-state index in [1.807, 2.05) is 0 Å². The zero-order valence-electron chi connectivity index (χ0n) is 30.0. The van der Waals surface area contributed by atoms with Crippen molar-refractivity contribution >= 4 is 0 Å². The number of rotatable bonds is 7. The second kappa shape index (κ2) is 38.3. The van der Waals surface area contributed by atoms with E-state index >= 15 is 0 Å². The van der Waals surface area contributed by atoms with Crippen molar-refractivity contribution in [3.8, 4) is 0 Å². The van der Waals surface area contributed by atoms with Crippen molar-refractivity contribution in [2.75, 3.05) is 62.6 Å². The molecule has 46 heavy (non-hydrogen) atoms. The average molecular weight is 727 g/mol. The van der Waals surface area contributed by atoms with Crippen LogP contribution < -0.4 is 0 Å². The van der Waals surface area contributed by atoms with Gasteiger partial charge in [-0.15, -0.1) is 0 Å². The molecule has 1 aliphatic carbocycles. The van der Waals surface area contributed by atoms with Gasteiger partial charge >= 0.3 is 0 Å². The summed E-state index contributed by atoms with van der Waals surface area (Å²) in [5.74, 6) is -6.08. The van der Waals surface area contributed by atoms with E-state index in [4.69, 9.17) is 0 Å². The van der Waals surface area contributed by atoms with E-state index < -0.39 is 61.7 Å². The van der Waals surface area contributed by atoms with Crippen molar-refractivity contribution in [1.82, 2.24) is 0 Å². The van der Waals surface area contributed by atoms with Crippen molar-refractivity contribution in [1.29, 1.82) is 0 Å². The molecule has 1 saturated carbocycles. The van der Waals surface area contributed by atoms with Crippen LogP contribution in [0.5, 0.6) is 0 Å². The molecule has 1 fully saturated rings. The van der Waals surface area contributed by atoms with E-state index in [0.29, 0.717) is 49.7 Å². The van der Waals surface area contributed by atoms with Gasteiger partial charge in [-0.2, -0.15) is 0 Å². The quantitative estimate of drug-likeness (QED) is 0.229. The first-order valence-electron chi connectivity index (χ1n) is 13.7. The van der Waals surface area contributed by atoms with Gasteiger partial charge in [-0.25, -0.2) is 26.3 Å². The summed E-state index contributed by atoms with van der Waals surface area (Å²) in [6.45, 7) is 7.77. The maximum Gasteiger partial charge on any atom is 0.255 e. The van der Waals surface area contributed by atoms with Crippen LogP contribution in [-0.4, -0.2) is 80.4 Å². The molecule has 0 heterocycles. The van der Waals surface area contributed by atoms with E-state index in [1.165, 1.54) is 33.1 Å². The van der Waals surface area contributed by atoms with Gasteiger partial charge in [0, 0.05) is 13.3 Å². The van der Waals surface area contributed by atoms with Crippen LogP contribution in [0, 0.1) is 28.6 Å². The standard InChI is InChI=1S/C9H18.C6H10F4.C6H11F3.C4H7F3.5CH3F.FH/c1-7-4-8(2)6-9(3)5-7;1-5(3-7,4-8)6(2,9)10;1-5(2,4-7)6(3,8)9;1-4(6,7)2-3-5;5*1-2;/h7-9H,4-6H2,1-3H3;3-4H2,1-2H3;4H2,1-3H3;2-3H2,1H3;5*1H3;1H. The minimum absolute atomic E-state index is 0. The second-order valence-electron chi connectivity index (χ2n) is 11.2. The van der Waals surface area contributed by atoms with Gasteiger partial charge in [-0.05, 0) is 57.8 Å². The lowest BCUT2D eigenvalue weighted by atomic mass is 9.78. The largest absolute Gasteiger partial charge is 0.269 e. The third kappa shape index (κ3) is 42.9. The SMILES string of the molecule is CC(F)(F)C(C)(C)CF.CC(F)(F)C(C)(CF)CF.CC(F)(F)CCF.CC1CC(C)CC(C)C1.CF.CF.CF.CF.CF.F. The Balaban J connectivity index is -0.0000000516. The molecule has 0 aromatic heterocycles. The van der Waals surface area contributed by atoms with E-state index in [0.717, 1.165) is 31.6 Å². The molecule has 0 spiro atoms. The molecule has 294 valence electrons. The Bertz CT molecular complexity index is 501. The molecule has 0 atom stereocenters. The highest BCUT2D eigenvalue weighted by Crippen LogP contribution is 2.37. The molecule has 0 N–H and O–H groups in total. The molecule has 1 rings (SSSR count). The van der Waals surface area contributed by atoms with Gasteiger partial charge in [0.1, 0.15) is 20.0 Å². The van der Waals surface area contributed by atoms with Crippen LogP contribution in [0.2, 0.25) is 0 Å². The van der Waals surface area contributed by atoms with Gasteiger partial charge in [0.2, 0.25) is 5.92 Å². The first-order chi connectivity index (χ1) is 20.4. The normalized spacial score (nSPS) is 17.0. The van der Waals surface area contributed by atoms with Crippen LogP contribution in [0.4, 0.5) is 70.6 Å². The van der Waals surface area contributed by atoms with Gasteiger partial charge in [0.25, 0.3) is 11.8 Å². The van der Waals surface area contributed by atoms with Gasteiger partial charge in [0.05, 0.1) is 53.4 Å². The minimum atomic E-state index is -3.30. The first-order valence-corrected chi connectivity index (χ1v) is 13.7. The van der Waals surface area contributed by atoms with Crippen LogP contribution >= 0.6 is 0 Å². The number of alkyl halides is 15. The van der Waals surface area contributed by atoms with Gasteiger partial charge in [0.15, 0.2) is 0 Å². The summed E-state index contributed by atoms with van der Waals surface area (Å²) in [6, 6.07) is 0. The van der Waals surface area contributed by atoms with E-state index in [1.54, 1.807) is 0 Å². The van der Waals surface area contributed by atoms with Gasteiger partial charge in [-0.1, -0.05) is 34.6 Å². The van der Waals surface area contributed by atoms with Crippen molar-refractivity contribution in [2.45, 2.75) is 106 Å². The summed E-state index contributed by atoms with van der Waals surface area (Å²) in [5.41, 5.74) is -3.67. The summed E-state index contributed by atoms with van der Waals surface area (Å²) >= 11 is 0. The van der Waals surface area contributed by atoms with Crippen LogP contribution in [0.1, 0.15) is 88.0 Å². The highest BCUT2D eigenvalue weighted by molar-refractivity contribution is 4.84. The van der Waals surface area contributed by atoms with E-state index in [-0.39, 0.29) is 4.70 Å². The summed E-state index contributed by atoms with van der Waals surface area (Å²) in [7, 11) is 2.50. The zero-order chi connectivity index (χ0) is 38.9. The van der Waals surface area contributed by atoms with Gasteiger partial charge in [-0.3, -0.25) is 44.2 Å². The topological polar surface area (TPSA) is 0 Å². The maximum atomic E-state index is 12.3. The maximum absolute atomic E-state index is 12.3. The average Bonchev–Trinajstić information content (AvgIpc) is 2.96. The molecule has 1 aliphatic rings. The zero-order valence-corrected chi connectivity index (χ0v) is 30.0. The fraction of sp³-hybridized carbons (Fsp3) is 1.00. The fourth-order valence-corrected chi connectivity index (χ4v) is 2.90. The molecule has 0 radical (unpaired) electrons. The number of hydrogen-bond donors (Lipinski definition) is 0. The van der Waals surface area contributed by atoms with Crippen LogP contribution in [0.15, 0.2) is 0 Å². The minimum Gasteiger partial charge on any atom is -0.269 e. The molecule has 0 aromatic rings. The lowest BCUT2D eigenvalue weighted by molar-refractivity contribution is -0.116. The van der Waals surface area contributed by atoms with E-state index in [2.05, 4.69) is 20.8 Å². The van der Waals surface area contributed by atoms with Crippen molar-refractivity contribution in [2.24, 2.45) is 28.6 Å². The second-order valence-corrected chi connectivity index (χ2v) is 11.2. The molecule has 0 nitrogen and oxygen atoms in total. The molecule has 16 heteroatoms. The highest BCUT2D eigenvalue weighted by atomic mass is 19.3. The predicted molar refractivity (Wildman–Crippen MR) is 161 cm³/mol. The Labute approximate surface area is 268 Å². The van der Waals surface area contributed by atoms with Crippen molar-refractivity contribution in [3.05, 3.63) is 0 Å². The Morgan fingerprint density at radius 2 is 0.696 bits per heavy atom. The molecular formula is C30H62F16. The third-order valence-corrected chi connectivity index (χ3v) is 6.12. The van der Waals surface area contributed by atoms with Crippen molar-refractivity contribution < 1.29 is 70.6 Å². The Kier molecular flexibility index (Phi) is 55.9. The van der Waals surface area contributed by atoms with E-state index in [9.17, 15) is 65.9 Å². The lowest BCUT2D eigenvalue weighted by Gasteiger charge is -2.29. The number of halogens is 16. The predicted octanol–water partition coefficient (Wildman–Crippen LogP) is 13.4. The third-order valence-electron chi connectivity index (χ3n) is 6.12.